The van der Waals surface area contributed by atoms with E-state index in [1.807, 2.05) is 25.1 Å². The molecule has 0 aliphatic heterocycles. The molecule has 1 aromatic heterocycles. The molecule has 0 saturated carbocycles. The van der Waals surface area contributed by atoms with E-state index in [-0.39, 0.29) is 29.0 Å². The molecule has 0 bridgehead atoms. The maximum Gasteiger partial charge on any atom is 0.240 e. The Kier molecular flexibility index (Phi) is 7.12. The van der Waals surface area contributed by atoms with Crippen molar-refractivity contribution in [1.29, 1.82) is 0 Å². The third-order valence-corrected chi connectivity index (χ3v) is 7.51. The number of hydrogen-bond acceptors (Lipinski definition) is 3. The zero-order valence-electron chi connectivity index (χ0n) is 18.9. The van der Waals surface area contributed by atoms with Gasteiger partial charge in [-0.05, 0) is 37.5 Å². The van der Waals surface area contributed by atoms with Crippen LogP contribution < -0.4 is 5.32 Å². The lowest BCUT2D eigenvalue weighted by molar-refractivity contribution is -0.122. The number of halogens is 1. The number of carbonyl (C=O) groups is 1. The van der Waals surface area contributed by atoms with E-state index in [0.717, 1.165) is 12.8 Å². The average molecular weight is 479 g/mol. The van der Waals surface area contributed by atoms with Crippen molar-refractivity contribution in [2.45, 2.75) is 43.0 Å². The van der Waals surface area contributed by atoms with Crippen molar-refractivity contribution in [2.24, 2.45) is 0 Å². The van der Waals surface area contributed by atoms with Crippen LogP contribution in [-0.4, -0.2) is 24.9 Å². The van der Waals surface area contributed by atoms with Gasteiger partial charge in [0.1, 0.15) is 12.4 Å². The Morgan fingerprint density at radius 2 is 1.65 bits per heavy atom. The molecule has 0 aliphatic rings. The number of sulfone groups is 1. The van der Waals surface area contributed by atoms with Gasteiger partial charge in [0.05, 0.1) is 10.6 Å². The van der Waals surface area contributed by atoms with Gasteiger partial charge in [-0.25, -0.2) is 12.8 Å². The Labute approximate surface area is 199 Å². The first kappa shape index (κ1) is 23.7. The average Bonchev–Trinajstić information content (AvgIpc) is 3.19. The minimum Gasteiger partial charge on any atom is -0.352 e. The molecule has 34 heavy (non-hydrogen) atoms. The number of nitrogens with one attached hydrogen (secondary N) is 1. The van der Waals surface area contributed by atoms with E-state index in [9.17, 15) is 17.6 Å². The van der Waals surface area contributed by atoms with E-state index < -0.39 is 21.4 Å². The third-order valence-electron chi connectivity index (χ3n) is 5.82. The summed E-state index contributed by atoms with van der Waals surface area (Å²) in [6, 6.07) is 22.9. The molecule has 4 rings (SSSR count). The van der Waals surface area contributed by atoms with Gasteiger partial charge in [-0.15, -0.1) is 0 Å². The largest absolute Gasteiger partial charge is 0.352 e. The Morgan fingerprint density at radius 3 is 2.41 bits per heavy atom. The van der Waals surface area contributed by atoms with Gasteiger partial charge in [0.2, 0.25) is 5.91 Å². The Hall–Kier alpha value is -3.45. The minimum absolute atomic E-state index is 0.00852. The molecule has 0 radical (unpaired) electrons. The zero-order chi connectivity index (χ0) is 24.1. The van der Waals surface area contributed by atoms with E-state index in [4.69, 9.17) is 0 Å². The van der Waals surface area contributed by atoms with E-state index in [1.165, 1.54) is 30.0 Å². The summed E-state index contributed by atoms with van der Waals surface area (Å²) in [7, 11) is -3.83. The molecule has 5 nitrogen and oxygen atoms in total. The van der Waals surface area contributed by atoms with E-state index in [0.29, 0.717) is 10.9 Å². The number of aromatic nitrogens is 1. The summed E-state index contributed by atoms with van der Waals surface area (Å²) in [4.78, 5) is 12.8. The number of para-hydroxylation sites is 1. The summed E-state index contributed by atoms with van der Waals surface area (Å²) in [5.74, 6) is -1.20. The van der Waals surface area contributed by atoms with Gasteiger partial charge in [0, 0.05) is 28.7 Å². The van der Waals surface area contributed by atoms with Crippen molar-refractivity contribution in [3.05, 3.63) is 102 Å². The summed E-state index contributed by atoms with van der Waals surface area (Å²) in [5, 5.41) is 3.52. The van der Waals surface area contributed by atoms with Gasteiger partial charge >= 0.3 is 0 Å². The third kappa shape index (κ3) is 5.54. The summed E-state index contributed by atoms with van der Waals surface area (Å²) in [6.45, 7) is 1.95. The molecule has 1 amide bonds. The highest BCUT2D eigenvalue weighted by Gasteiger charge is 2.23. The lowest BCUT2D eigenvalue weighted by Gasteiger charge is -2.14. The predicted molar refractivity (Wildman–Crippen MR) is 132 cm³/mol. The second-order valence-corrected chi connectivity index (χ2v) is 10.4. The maximum absolute atomic E-state index is 14.1. The smallest absolute Gasteiger partial charge is 0.240 e. The number of carbonyl (C=O) groups excluding carboxylic acids is 1. The van der Waals surface area contributed by atoms with Crippen molar-refractivity contribution < 1.29 is 17.6 Å². The van der Waals surface area contributed by atoms with Crippen LogP contribution in [0.1, 0.15) is 24.5 Å². The van der Waals surface area contributed by atoms with Crippen LogP contribution in [-0.2, 0) is 33.4 Å². The normalized spacial score (nSPS) is 12.5. The molecule has 176 valence electrons. The number of nitrogens with zero attached hydrogens (tertiary/aromatic N) is 1. The van der Waals surface area contributed by atoms with Crippen molar-refractivity contribution in [3.8, 4) is 0 Å². The number of benzene rings is 3. The fourth-order valence-corrected chi connectivity index (χ4v) is 5.66. The maximum atomic E-state index is 14.1. The van der Waals surface area contributed by atoms with E-state index in [1.54, 1.807) is 34.9 Å². The SMILES string of the molecule is CC(CCc1ccccc1)NC(=O)Cn1cc(S(=O)(=O)Cc2ccccc2F)c2ccccc21. The van der Waals surface area contributed by atoms with Crippen LogP contribution in [0, 0.1) is 5.82 Å². The highest BCUT2D eigenvalue weighted by molar-refractivity contribution is 7.90. The summed E-state index contributed by atoms with van der Waals surface area (Å²) >= 11 is 0. The Morgan fingerprint density at radius 1 is 0.971 bits per heavy atom. The fraction of sp³-hybridized carbons (Fsp3) is 0.222. The molecule has 3 aromatic carbocycles. The second kappa shape index (κ2) is 10.2. The van der Waals surface area contributed by atoms with Gasteiger partial charge in [0.15, 0.2) is 9.84 Å². The van der Waals surface area contributed by atoms with Crippen LogP contribution in [0.5, 0.6) is 0 Å². The first-order chi connectivity index (χ1) is 16.3. The molecule has 1 N–H and O–H groups in total. The van der Waals surface area contributed by atoms with Crippen LogP contribution in [0.3, 0.4) is 0 Å². The molecule has 4 aromatic rings. The number of amides is 1. The quantitative estimate of drug-likeness (QED) is 0.372. The van der Waals surface area contributed by atoms with Crippen LogP contribution >= 0.6 is 0 Å². The number of hydrogen-bond donors (Lipinski definition) is 1. The summed E-state index contributed by atoms with van der Waals surface area (Å²) in [5.41, 5.74) is 1.97. The molecule has 1 heterocycles. The zero-order valence-corrected chi connectivity index (χ0v) is 19.8. The topological polar surface area (TPSA) is 68.2 Å². The molecular weight excluding hydrogens is 451 g/mol. The highest BCUT2D eigenvalue weighted by atomic mass is 32.2. The summed E-state index contributed by atoms with van der Waals surface area (Å²) in [6.07, 6.45) is 3.13. The molecular formula is C27H27FN2O3S. The molecule has 7 heteroatoms. The Bertz CT molecular complexity index is 1400. The molecule has 1 unspecified atom stereocenters. The molecule has 0 aliphatic carbocycles. The predicted octanol–water partition coefficient (Wildman–Crippen LogP) is 4.89. The van der Waals surface area contributed by atoms with E-state index >= 15 is 0 Å². The minimum atomic E-state index is -3.83. The standard InChI is InChI=1S/C27H27FN2O3S/c1-20(15-16-21-9-3-2-4-10-21)29-27(31)18-30-17-26(23-12-6-8-14-25(23)30)34(32,33)19-22-11-5-7-13-24(22)28/h2-14,17,20H,15-16,18-19H2,1H3,(H,29,31). The van der Waals surface area contributed by atoms with Gasteiger partial charge in [0.25, 0.3) is 0 Å². The monoisotopic (exact) mass is 478 g/mol. The lowest BCUT2D eigenvalue weighted by Crippen LogP contribution is -2.35. The number of fused-ring (bicyclic) bond motifs is 1. The van der Waals surface area contributed by atoms with Crippen LogP contribution in [0.25, 0.3) is 10.9 Å². The first-order valence-corrected chi connectivity index (χ1v) is 12.9. The molecule has 0 spiro atoms. The Balaban J connectivity index is 1.50. The van der Waals surface area contributed by atoms with Crippen LogP contribution in [0.2, 0.25) is 0 Å². The number of rotatable bonds is 9. The molecule has 0 fully saturated rings. The van der Waals surface area contributed by atoms with Crippen molar-refractivity contribution in [2.75, 3.05) is 0 Å². The highest BCUT2D eigenvalue weighted by Crippen LogP contribution is 2.28. The van der Waals surface area contributed by atoms with Crippen molar-refractivity contribution in [1.82, 2.24) is 9.88 Å². The van der Waals surface area contributed by atoms with Gasteiger partial charge in [-0.3, -0.25) is 4.79 Å². The second-order valence-electron chi connectivity index (χ2n) is 8.48. The van der Waals surface area contributed by atoms with E-state index in [2.05, 4.69) is 17.4 Å². The number of aryl methyl sites for hydroxylation is 1. The van der Waals surface area contributed by atoms with Crippen LogP contribution in [0.4, 0.5) is 4.39 Å². The van der Waals surface area contributed by atoms with Crippen LogP contribution in [0.15, 0.2) is 90.0 Å². The lowest BCUT2D eigenvalue weighted by atomic mass is 10.1. The summed E-state index contributed by atoms with van der Waals surface area (Å²) < 4.78 is 42.1. The molecule has 0 saturated heterocycles. The fourth-order valence-electron chi connectivity index (χ4n) is 4.06. The van der Waals surface area contributed by atoms with Gasteiger partial charge < -0.3 is 9.88 Å². The van der Waals surface area contributed by atoms with Crippen molar-refractivity contribution in [3.63, 3.8) is 0 Å². The van der Waals surface area contributed by atoms with Crippen molar-refractivity contribution >= 4 is 26.6 Å². The molecule has 1 atom stereocenters. The van der Waals surface area contributed by atoms with Gasteiger partial charge in [-0.2, -0.15) is 0 Å². The van der Waals surface area contributed by atoms with Gasteiger partial charge in [-0.1, -0.05) is 66.7 Å². The first-order valence-electron chi connectivity index (χ1n) is 11.2.